The predicted octanol–water partition coefficient (Wildman–Crippen LogP) is 3.63. The average molecular weight is 475 g/mol. The molecule has 8 heteroatoms. The van der Waals surface area contributed by atoms with Crippen LogP contribution in [0.25, 0.3) is 0 Å². The van der Waals surface area contributed by atoms with Crippen LogP contribution in [0.2, 0.25) is 0 Å². The lowest BCUT2D eigenvalue weighted by Gasteiger charge is -2.19. The van der Waals surface area contributed by atoms with Crippen molar-refractivity contribution < 1.29 is 23.1 Å². The third kappa shape index (κ3) is 8.98. The van der Waals surface area contributed by atoms with Gasteiger partial charge >= 0.3 is 5.97 Å². The van der Waals surface area contributed by atoms with E-state index in [2.05, 4.69) is 30.8 Å². The maximum atomic E-state index is 12.5. The van der Waals surface area contributed by atoms with E-state index in [1.54, 1.807) is 12.1 Å². The summed E-state index contributed by atoms with van der Waals surface area (Å²) in [5, 5.41) is 12.0. The highest BCUT2D eigenvalue weighted by Gasteiger charge is 2.20. The van der Waals surface area contributed by atoms with Gasteiger partial charge in [-0.25, -0.2) is 17.9 Å². The molecule has 0 aliphatic carbocycles. The normalized spacial score (nSPS) is 12.8. The molecule has 0 aliphatic rings. The molecule has 180 valence electrons. The third-order valence-corrected chi connectivity index (χ3v) is 6.84. The van der Waals surface area contributed by atoms with Gasteiger partial charge in [0.2, 0.25) is 15.9 Å². The minimum atomic E-state index is -3.63. The van der Waals surface area contributed by atoms with Gasteiger partial charge in [0.05, 0.1) is 4.90 Å². The van der Waals surface area contributed by atoms with Gasteiger partial charge in [0, 0.05) is 13.0 Å². The molecule has 0 heterocycles. The predicted molar refractivity (Wildman–Crippen MR) is 129 cm³/mol. The number of carboxylic acid groups (broad SMARTS) is 1. The molecule has 0 radical (unpaired) electrons. The van der Waals surface area contributed by atoms with Crippen LogP contribution in [-0.2, 0) is 31.4 Å². The highest BCUT2D eigenvalue weighted by molar-refractivity contribution is 7.89. The molecule has 0 fully saturated rings. The van der Waals surface area contributed by atoms with Crippen LogP contribution in [0.3, 0.4) is 0 Å². The molecule has 0 saturated heterocycles. The molecule has 0 aromatic heterocycles. The molecule has 1 unspecified atom stereocenters. The number of carboxylic acids is 1. The van der Waals surface area contributed by atoms with E-state index in [1.807, 2.05) is 42.5 Å². The lowest BCUT2D eigenvalue weighted by Crippen LogP contribution is -2.41. The van der Waals surface area contributed by atoms with Crippen molar-refractivity contribution in [2.45, 2.75) is 69.2 Å². The summed E-state index contributed by atoms with van der Waals surface area (Å²) < 4.78 is 27.5. The van der Waals surface area contributed by atoms with Gasteiger partial charge in [-0.05, 0) is 54.4 Å². The van der Waals surface area contributed by atoms with Gasteiger partial charge in [0.15, 0.2) is 0 Å². The summed E-state index contributed by atoms with van der Waals surface area (Å²) in [7, 11) is -3.63. The number of hydrogen-bond donors (Lipinski definition) is 3. The lowest BCUT2D eigenvalue weighted by molar-refractivity contribution is -0.142. The molecular weight excluding hydrogens is 440 g/mol. The minimum absolute atomic E-state index is 0.0621. The van der Waals surface area contributed by atoms with Gasteiger partial charge in [-0.1, -0.05) is 63.2 Å². The maximum absolute atomic E-state index is 12.5. The topological polar surface area (TPSA) is 113 Å². The summed E-state index contributed by atoms with van der Waals surface area (Å²) >= 11 is 0. The number of carbonyl (C=O) groups is 2. The number of sulfonamides is 1. The second-order valence-corrected chi connectivity index (χ2v) is 10.9. The highest BCUT2D eigenvalue weighted by atomic mass is 32.2. The highest BCUT2D eigenvalue weighted by Crippen LogP contribution is 2.23. The van der Waals surface area contributed by atoms with Gasteiger partial charge in [-0.15, -0.1) is 0 Å². The lowest BCUT2D eigenvalue weighted by atomic mass is 9.87. The zero-order valence-corrected chi connectivity index (χ0v) is 20.3. The van der Waals surface area contributed by atoms with E-state index >= 15 is 0 Å². The summed E-state index contributed by atoms with van der Waals surface area (Å²) in [6.45, 7) is 6.37. The number of amides is 1. The van der Waals surface area contributed by atoms with Crippen molar-refractivity contribution in [3.05, 3.63) is 65.7 Å². The Morgan fingerprint density at radius 1 is 0.970 bits per heavy atom. The minimum Gasteiger partial charge on any atom is -0.480 e. The fraction of sp³-hybridized carbons (Fsp3) is 0.440. The largest absolute Gasteiger partial charge is 0.480 e. The van der Waals surface area contributed by atoms with Gasteiger partial charge in [0.25, 0.3) is 0 Å². The smallest absolute Gasteiger partial charge is 0.326 e. The number of hydrogen-bond acceptors (Lipinski definition) is 4. The van der Waals surface area contributed by atoms with Crippen molar-refractivity contribution >= 4 is 21.9 Å². The van der Waals surface area contributed by atoms with Crippen molar-refractivity contribution in [1.82, 2.24) is 10.0 Å². The number of nitrogens with one attached hydrogen (secondary N) is 2. The van der Waals surface area contributed by atoms with E-state index in [9.17, 15) is 23.1 Å². The number of aliphatic carboxylic acids is 1. The Kier molecular flexibility index (Phi) is 9.61. The number of carbonyl (C=O) groups excluding carboxylic acids is 1. The van der Waals surface area contributed by atoms with E-state index in [0.29, 0.717) is 19.3 Å². The van der Waals surface area contributed by atoms with Crippen molar-refractivity contribution in [3.63, 3.8) is 0 Å². The van der Waals surface area contributed by atoms with Gasteiger partial charge < -0.3 is 10.4 Å². The Bertz CT molecular complexity index is 1010. The number of benzene rings is 2. The molecule has 0 spiro atoms. The Morgan fingerprint density at radius 2 is 1.61 bits per heavy atom. The van der Waals surface area contributed by atoms with E-state index in [-0.39, 0.29) is 35.6 Å². The number of rotatable bonds is 12. The monoisotopic (exact) mass is 474 g/mol. The maximum Gasteiger partial charge on any atom is 0.326 e. The SMILES string of the molecule is CC(C)(C)c1ccc(S(=O)(=O)NCCCCC(NC(=O)CCc2ccccc2)C(=O)O)cc1. The van der Waals surface area contributed by atoms with Crippen LogP contribution in [0.4, 0.5) is 0 Å². The first kappa shape index (κ1) is 26.5. The van der Waals surface area contributed by atoms with Crippen LogP contribution in [0.1, 0.15) is 57.6 Å². The summed E-state index contributed by atoms with van der Waals surface area (Å²) in [5.74, 6) is -1.41. The van der Waals surface area contributed by atoms with Crippen molar-refractivity contribution in [1.29, 1.82) is 0 Å². The summed E-state index contributed by atoms with van der Waals surface area (Å²) in [6, 6.07) is 15.3. The Morgan fingerprint density at radius 3 is 2.18 bits per heavy atom. The second kappa shape index (κ2) is 12.0. The van der Waals surface area contributed by atoms with E-state index in [1.165, 1.54) is 0 Å². The molecular formula is C25H34N2O5S. The molecule has 2 rings (SSSR count). The fourth-order valence-electron chi connectivity index (χ4n) is 3.32. The van der Waals surface area contributed by atoms with E-state index in [0.717, 1.165) is 11.1 Å². The molecule has 7 nitrogen and oxygen atoms in total. The standard InChI is InChI=1S/C25H34N2O5S/c1-25(2,3)20-13-15-21(16-14-20)33(31,32)26-18-8-7-11-22(24(29)30)27-23(28)17-12-19-9-5-4-6-10-19/h4-6,9-10,13-16,22,26H,7-8,11-12,17-18H2,1-3H3,(H,27,28)(H,29,30). The Hall–Kier alpha value is -2.71. The summed E-state index contributed by atoms with van der Waals surface area (Å²) in [4.78, 5) is 23.8. The molecule has 0 aliphatic heterocycles. The van der Waals surface area contributed by atoms with Crippen LogP contribution in [0.5, 0.6) is 0 Å². The zero-order chi connectivity index (χ0) is 24.5. The van der Waals surface area contributed by atoms with Crippen molar-refractivity contribution in [2.24, 2.45) is 0 Å². The second-order valence-electron chi connectivity index (χ2n) is 9.11. The van der Waals surface area contributed by atoms with Crippen LogP contribution in [-0.4, -0.2) is 38.0 Å². The molecule has 1 atom stereocenters. The quantitative estimate of drug-likeness (QED) is 0.407. The Balaban J connectivity index is 1.75. The van der Waals surface area contributed by atoms with E-state index < -0.39 is 22.0 Å². The molecule has 0 saturated carbocycles. The van der Waals surface area contributed by atoms with Crippen LogP contribution in [0.15, 0.2) is 59.5 Å². The molecule has 0 bridgehead atoms. The molecule has 1 amide bonds. The number of unbranched alkanes of at least 4 members (excludes halogenated alkanes) is 1. The summed E-state index contributed by atoms with van der Waals surface area (Å²) in [5.41, 5.74) is 2.00. The third-order valence-electron chi connectivity index (χ3n) is 5.36. The zero-order valence-electron chi connectivity index (χ0n) is 19.5. The molecule has 33 heavy (non-hydrogen) atoms. The first-order valence-electron chi connectivity index (χ1n) is 11.2. The van der Waals surface area contributed by atoms with E-state index in [4.69, 9.17) is 0 Å². The van der Waals surface area contributed by atoms with Crippen molar-refractivity contribution in [2.75, 3.05) is 6.54 Å². The first-order valence-corrected chi connectivity index (χ1v) is 12.6. The fourth-order valence-corrected chi connectivity index (χ4v) is 4.40. The average Bonchev–Trinajstić information content (AvgIpc) is 2.76. The molecule has 3 N–H and O–H groups in total. The van der Waals surface area contributed by atoms with Crippen LogP contribution < -0.4 is 10.0 Å². The van der Waals surface area contributed by atoms with Gasteiger partial charge in [0.1, 0.15) is 6.04 Å². The summed E-state index contributed by atoms with van der Waals surface area (Å²) in [6.07, 6.45) is 1.90. The van der Waals surface area contributed by atoms with Crippen molar-refractivity contribution in [3.8, 4) is 0 Å². The van der Waals surface area contributed by atoms with Gasteiger partial charge in [-0.3, -0.25) is 4.79 Å². The van der Waals surface area contributed by atoms with Gasteiger partial charge in [-0.2, -0.15) is 0 Å². The molecule has 2 aromatic rings. The first-order chi connectivity index (χ1) is 15.5. The van der Waals surface area contributed by atoms with Crippen LogP contribution >= 0.6 is 0 Å². The van der Waals surface area contributed by atoms with Crippen LogP contribution in [0, 0.1) is 0 Å². The Labute approximate surface area is 196 Å². The number of aryl methyl sites for hydroxylation is 1. The molecule has 2 aromatic carbocycles.